The van der Waals surface area contributed by atoms with Gasteiger partial charge in [-0.05, 0) is 68.1 Å². The second-order valence-electron chi connectivity index (χ2n) is 10.9. The van der Waals surface area contributed by atoms with E-state index in [-0.39, 0.29) is 24.4 Å². The zero-order chi connectivity index (χ0) is 27.7. The molecule has 3 heterocycles. The van der Waals surface area contributed by atoms with Gasteiger partial charge in [0.1, 0.15) is 17.2 Å². The summed E-state index contributed by atoms with van der Waals surface area (Å²) in [5.74, 6) is 0.415. The lowest BCUT2D eigenvalue weighted by molar-refractivity contribution is 0.0292. The lowest BCUT2D eigenvalue weighted by atomic mass is 9.95. The number of aromatic nitrogens is 3. The summed E-state index contributed by atoms with van der Waals surface area (Å²) in [5, 5.41) is 5.91. The van der Waals surface area contributed by atoms with E-state index in [2.05, 4.69) is 0 Å². The molecule has 0 aliphatic carbocycles. The van der Waals surface area contributed by atoms with Crippen LogP contribution in [-0.4, -0.2) is 51.6 Å². The van der Waals surface area contributed by atoms with Crippen LogP contribution in [0.5, 0.6) is 5.75 Å². The number of amides is 1. The van der Waals surface area contributed by atoms with Crippen LogP contribution in [0.1, 0.15) is 49.9 Å². The zero-order valence-electron chi connectivity index (χ0n) is 22.8. The summed E-state index contributed by atoms with van der Waals surface area (Å²) in [7, 11) is 1.64. The van der Waals surface area contributed by atoms with E-state index in [0.29, 0.717) is 30.8 Å². The summed E-state index contributed by atoms with van der Waals surface area (Å²) in [6.45, 7) is 7.27. The molecule has 1 unspecified atom stereocenters. The van der Waals surface area contributed by atoms with Crippen molar-refractivity contribution in [2.24, 2.45) is 5.73 Å². The second kappa shape index (κ2) is 10.6. The number of rotatable bonds is 6. The van der Waals surface area contributed by atoms with Crippen LogP contribution in [0.15, 0.2) is 54.7 Å². The van der Waals surface area contributed by atoms with E-state index in [1.54, 1.807) is 24.3 Å². The number of fused-ring (bicyclic) bond motifs is 1. The topological polar surface area (TPSA) is 95.5 Å². The van der Waals surface area contributed by atoms with E-state index in [0.717, 1.165) is 39.9 Å². The third kappa shape index (κ3) is 5.59. The van der Waals surface area contributed by atoms with Crippen molar-refractivity contribution >= 4 is 17.1 Å². The first-order valence-electron chi connectivity index (χ1n) is 13.1. The molecule has 1 fully saturated rings. The second-order valence-corrected chi connectivity index (χ2v) is 10.9. The number of carbonyl (C=O) groups excluding carboxylic acids is 1. The van der Waals surface area contributed by atoms with Gasteiger partial charge < -0.3 is 20.1 Å². The molecule has 0 bridgehead atoms. The molecule has 4 aromatic rings. The van der Waals surface area contributed by atoms with E-state index >= 15 is 0 Å². The van der Waals surface area contributed by atoms with E-state index < -0.39 is 5.60 Å². The highest BCUT2D eigenvalue weighted by Crippen LogP contribution is 2.38. The number of carbonyl (C=O) groups is 1. The smallest absolute Gasteiger partial charge is 0.410 e. The highest BCUT2D eigenvalue weighted by Gasteiger charge is 2.34. The van der Waals surface area contributed by atoms with Crippen LogP contribution < -0.4 is 10.5 Å². The van der Waals surface area contributed by atoms with Gasteiger partial charge in [0.2, 0.25) is 0 Å². The Bertz CT molecular complexity index is 1490. The predicted molar refractivity (Wildman–Crippen MR) is 148 cm³/mol. The van der Waals surface area contributed by atoms with E-state index in [1.807, 2.05) is 61.9 Å². The quantitative estimate of drug-likeness (QED) is 0.354. The number of hydrogen-bond acceptors (Lipinski definition) is 6. The van der Waals surface area contributed by atoms with Gasteiger partial charge in [-0.1, -0.05) is 24.3 Å². The van der Waals surface area contributed by atoms with Gasteiger partial charge in [-0.25, -0.2) is 18.9 Å². The lowest BCUT2D eigenvalue weighted by Crippen LogP contribution is -2.35. The maximum atomic E-state index is 14.8. The fourth-order valence-corrected chi connectivity index (χ4v) is 5.02. The first kappa shape index (κ1) is 26.6. The number of nitrogens with zero attached hydrogens (tertiary/aromatic N) is 4. The fraction of sp³-hybridized carbons (Fsp3) is 0.367. The Balaban J connectivity index is 1.58. The predicted octanol–water partition coefficient (Wildman–Crippen LogP) is 5.48. The third-order valence-corrected chi connectivity index (χ3v) is 6.96. The molecular weight excluding hydrogens is 497 g/mol. The average molecular weight is 532 g/mol. The summed E-state index contributed by atoms with van der Waals surface area (Å²) < 4.78 is 27.6. The number of benzene rings is 2. The molecule has 8 nitrogen and oxygen atoms in total. The van der Waals surface area contributed by atoms with Crippen LogP contribution in [0, 0.1) is 5.82 Å². The minimum atomic E-state index is -0.571. The maximum Gasteiger partial charge on any atom is 0.410 e. The summed E-state index contributed by atoms with van der Waals surface area (Å²) in [5.41, 5.74) is 9.74. The molecule has 204 valence electrons. The fourth-order valence-electron chi connectivity index (χ4n) is 5.02. The number of pyridine rings is 1. The van der Waals surface area contributed by atoms with Gasteiger partial charge in [0, 0.05) is 37.3 Å². The van der Waals surface area contributed by atoms with Crippen molar-refractivity contribution in [3.8, 4) is 16.9 Å². The molecule has 0 saturated carbocycles. The van der Waals surface area contributed by atoms with Crippen LogP contribution in [0.2, 0.25) is 0 Å². The monoisotopic (exact) mass is 531 g/mol. The molecule has 2 aromatic carbocycles. The molecule has 0 spiro atoms. The largest absolute Gasteiger partial charge is 0.497 e. The third-order valence-electron chi connectivity index (χ3n) is 6.96. The van der Waals surface area contributed by atoms with Gasteiger partial charge in [-0.2, -0.15) is 5.10 Å². The Morgan fingerprint density at radius 2 is 1.92 bits per heavy atom. The molecule has 1 amide bonds. The van der Waals surface area contributed by atoms with Crippen molar-refractivity contribution < 1.29 is 18.7 Å². The summed E-state index contributed by atoms with van der Waals surface area (Å²) >= 11 is 0. The number of methoxy groups -OCH3 is 1. The van der Waals surface area contributed by atoms with Crippen LogP contribution in [0.3, 0.4) is 0 Å². The Kier molecular flexibility index (Phi) is 7.27. The zero-order valence-corrected chi connectivity index (χ0v) is 22.8. The Morgan fingerprint density at radius 3 is 2.59 bits per heavy atom. The van der Waals surface area contributed by atoms with Crippen molar-refractivity contribution in [3.63, 3.8) is 0 Å². The minimum absolute atomic E-state index is 0.0201. The molecule has 0 radical (unpaired) electrons. The van der Waals surface area contributed by atoms with Crippen molar-refractivity contribution in [3.05, 3.63) is 77.4 Å². The molecule has 1 saturated heterocycles. The SMILES string of the molecule is COc1ccc(Cn2nc(C3CCN(C(=O)OC(C)(C)C)C3)c3c(-c4ccc(CN)c(F)c4)ccnc32)cc1. The molecule has 9 heteroatoms. The number of ether oxygens (including phenoxy) is 2. The molecule has 1 aliphatic heterocycles. The van der Waals surface area contributed by atoms with Gasteiger partial charge in [0.05, 0.1) is 24.7 Å². The number of halogens is 1. The van der Waals surface area contributed by atoms with Crippen LogP contribution in [0.4, 0.5) is 9.18 Å². The molecule has 1 aliphatic rings. The lowest BCUT2D eigenvalue weighted by Gasteiger charge is -2.24. The van der Waals surface area contributed by atoms with Gasteiger partial charge in [-0.15, -0.1) is 0 Å². The first-order valence-corrected chi connectivity index (χ1v) is 13.1. The Hall–Kier alpha value is -3.98. The number of hydrogen-bond donors (Lipinski definition) is 1. The molecule has 5 rings (SSSR count). The van der Waals surface area contributed by atoms with Crippen molar-refractivity contribution in [1.82, 2.24) is 19.7 Å². The number of likely N-dealkylation sites (tertiary alicyclic amines) is 1. The molecule has 1 atom stereocenters. The molecule has 2 N–H and O–H groups in total. The van der Waals surface area contributed by atoms with Crippen molar-refractivity contribution in [2.75, 3.05) is 20.2 Å². The first-order chi connectivity index (χ1) is 18.7. The minimum Gasteiger partial charge on any atom is -0.497 e. The van der Waals surface area contributed by atoms with Gasteiger partial charge in [-0.3, -0.25) is 0 Å². The van der Waals surface area contributed by atoms with Crippen LogP contribution in [0.25, 0.3) is 22.2 Å². The van der Waals surface area contributed by atoms with E-state index in [4.69, 9.17) is 25.3 Å². The van der Waals surface area contributed by atoms with E-state index in [1.165, 1.54) is 6.07 Å². The van der Waals surface area contributed by atoms with Gasteiger partial charge in [0.25, 0.3) is 0 Å². The van der Waals surface area contributed by atoms with Crippen molar-refractivity contribution in [2.45, 2.75) is 51.8 Å². The Morgan fingerprint density at radius 1 is 1.15 bits per heavy atom. The van der Waals surface area contributed by atoms with Crippen LogP contribution >= 0.6 is 0 Å². The van der Waals surface area contributed by atoms with Gasteiger partial charge >= 0.3 is 6.09 Å². The summed E-state index contributed by atoms with van der Waals surface area (Å²) in [6.07, 6.45) is 2.14. The molecular formula is C30H34FN5O3. The summed E-state index contributed by atoms with van der Waals surface area (Å²) in [6, 6.07) is 14.8. The van der Waals surface area contributed by atoms with Gasteiger partial charge in [0.15, 0.2) is 5.65 Å². The Labute approximate surface area is 227 Å². The number of nitrogens with two attached hydrogens (primary N) is 1. The highest BCUT2D eigenvalue weighted by atomic mass is 19.1. The standard InChI is InChI=1S/C30H34FN5O3/c1-30(2,3)39-29(37)35-14-12-22(18-35)27-26-24(20-7-8-21(16-32)25(31)15-20)11-13-33-28(26)36(34-27)17-19-5-9-23(38-4)10-6-19/h5-11,13,15,22H,12,14,16-18,32H2,1-4H3. The highest BCUT2D eigenvalue weighted by molar-refractivity contribution is 5.95. The average Bonchev–Trinajstić information content (AvgIpc) is 3.54. The van der Waals surface area contributed by atoms with Crippen LogP contribution in [-0.2, 0) is 17.8 Å². The maximum absolute atomic E-state index is 14.8. The normalized spacial score (nSPS) is 15.6. The molecule has 2 aromatic heterocycles. The van der Waals surface area contributed by atoms with E-state index in [9.17, 15) is 9.18 Å². The van der Waals surface area contributed by atoms with Crippen molar-refractivity contribution in [1.29, 1.82) is 0 Å². The summed E-state index contributed by atoms with van der Waals surface area (Å²) in [4.78, 5) is 19.2. The molecule has 39 heavy (non-hydrogen) atoms.